The lowest BCUT2D eigenvalue weighted by molar-refractivity contribution is 0.0376. The van der Waals surface area contributed by atoms with Crippen LogP contribution < -0.4 is 0 Å². The van der Waals surface area contributed by atoms with Crippen LogP contribution in [0.25, 0.3) is 0 Å². The zero-order valence-electron chi connectivity index (χ0n) is 17.4. The third-order valence-electron chi connectivity index (χ3n) is 4.56. The van der Waals surface area contributed by atoms with Crippen molar-refractivity contribution in [3.63, 3.8) is 0 Å². The maximum absolute atomic E-state index is 10.4. The number of hydrogen-bond donors (Lipinski definition) is 1. The largest absolute Gasteiger partial charge is 0.390 e. The Hall–Kier alpha value is -0.820. The van der Waals surface area contributed by atoms with Crippen molar-refractivity contribution in [3.8, 4) is 0 Å². The molecule has 0 saturated heterocycles. The van der Waals surface area contributed by atoms with E-state index in [0.717, 1.165) is 44.9 Å². The van der Waals surface area contributed by atoms with Crippen molar-refractivity contribution in [2.24, 2.45) is 5.92 Å². The highest BCUT2D eigenvalue weighted by molar-refractivity contribution is 5.05. The summed E-state index contributed by atoms with van der Waals surface area (Å²) in [4.78, 5) is 0. The van der Waals surface area contributed by atoms with Gasteiger partial charge in [0.25, 0.3) is 0 Å². The molecule has 0 radical (unpaired) electrons. The van der Waals surface area contributed by atoms with E-state index in [4.69, 9.17) is 0 Å². The van der Waals surface area contributed by atoms with Crippen LogP contribution in [0.5, 0.6) is 0 Å². The van der Waals surface area contributed by atoms with E-state index >= 15 is 0 Å². The van der Waals surface area contributed by atoms with Gasteiger partial charge in [0.2, 0.25) is 0 Å². The first kappa shape index (κ1) is 23.2. The lowest BCUT2D eigenvalue weighted by Crippen LogP contribution is -2.24. The van der Waals surface area contributed by atoms with Gasteiger partial charge in [0.15, 0.2) is 0 Å². The van der Waals surface area contributed by atoms with Gasteiger partial charge in [0.05, 0.1) is 5.60 Å². The first-order valence-corrected chi connectivity index (χ1v) is 9.79. The predicted octanol–water partition coefficient (Wildman–Crippen LogP) is 7.37. The molecule has 0 aliphatic rings. The Morgan fingerprint density at radius 1 is 0.833 bits per heavy atom. The van der Waals surface area contributed by atoms with E-state index in [2.05, 4.69) is 59.8 Å². The Bertz CT molecular complexity index is 417. The zero-order valence-corrected chi connectivity index (χ0v) is 17.4. The van der Waals surface area contributed by atoms with Gasteiger partial charge < -0.3 is 5.11 Å². The summed E-state index contributed by atoms with van der Waals surface area (Å²) < 4.78 is 0. The number of allylic oxidation sites excluding steroid dienone is 6. The summed E-state index contributed by atoms with van der Waals surface area (Å²) in [5, 5.41) is 10.4. The molecule has 1 N–H and O–H groups in total. The van der Waals surface area contributed by atoms with Crippen molar-refractivity contribution in [1.82, 2.24) is 0 Å². The van der Waals surface area contributed by atoms with Gasteiger partial charge in [-0.15, -0.1) is 0 Å². The van der Waals surface area contributed by atoms with Crippen LogP contribution in [-0.2, 0) is 0 Å². The van der Waals surface area contributed by atoms with Gasteiger partial charge in [-0.25, -0.2) is 0 Å². The first-order chi connectivity index (χ1) is 11.1. The molecule has 0 amide bonds. The smallest absolute Gasteiger partial charge is 0.0622 e. The summed E-state index contributed by atoms with van der Waals surface area (Å²) in [6.07, 6.45) is 15.5. The van der Waals surface area contributed by atoms with Crippen LogP contribution in [0, 0.1) is 5.92 Å². The average Bonchev–Trinajstić information content (AvgIpc) is 2.44. The van der Waals surface area contributed by atoms with Gasteiger partial charge in [-0.2, -0.15) is 0 Å². The number of rotatable bonds is 12. The maximum atomic E-state index is 10.4. The van der Waals surface area contributed by atoms with Crippen LogP contribution >= 0.6 is 0 Å². The topological polar surface area (TPSA) is 20.2 Å². The van der Waals surface area contributed by atoms with Crippen molar-refractivity contribution < 1.29 is 5.11 Å². The summed E-state index contributed by atoms with van der Waals surface area (Å²) in [5.74, 6) is 0.667. The molecule has 0 unspecified atom stereocenters. The monoisotopic (exact) mass is 334 g/mol. The van der Waals surface area contributed by atoms with Crippen molar-refractivity contribution in [1.29, 1.82) is 0 Å². The second-order valence-corrected chi connectivity index (χ2v) is 8.43. The molecule has 24 heavy (non-hydrogen) atoms. The van der Waals surface area contributed by atoms with Gasteiger partial charge in [-0.3, -0.25) is 0 Å². The summed E-state index contributed by atoms with van der Waals surface area (Å²) >= 11 is 0. The van der Waals surface area contributed by atoms with E-state index in [1.807, 2.05) is 6.92 Å². The second kappa shape index (κ2) is 12.5. The molecule has 0 aromatic carbocycles. The van der Waals surface area contributed by atoms with Gasteiger partial charge in [0, 0.05) is 0 Å². The summed E-state index contributed by atoms with van der Waals surface area (Å²) in [5.41, 5.74) is 3.84. The summed E-state index contributed by atoms with van der Waals surface area (Å²) in [7, 11) is 0. The van der Waals surface area contributed by atoms with Crippen LogP contribution in [0.1, 0.15) is 99.8 Å². The third kappa shape index (κ3) is 14.8. The normalized spacial score (nSPS) is 15.5. The first-order valence-electron chi connectivity index (χ1n) is 9.79. The molecular weight excluding hydrogens is 292 g/mol. The van der Waals surface area contributed by atoms with Crippen molar-refractivity contribution in [2.75, 3.05) is 0 Å². The molecule has 1 atom stereocenters. The molecule has 0 heterocycles. The molecule has 0 rings (SSSR count). The average molecular weight is 335 g/mol. The molecule has 0 bridgehead atoms. The van der Waals surface area contributed by atoms with Crippen molar-refractivity contribution in [2.45, 2.75) is 105 Å². The van der Waals surface area contributed by atoms with E-state index in [-0.39, 0.29) is 0 Å². The molecule has 1 heteroatoms. The van der Waals surface area contributed by atoms with Crippen LogP contribution in [-0.4, -0.2) is 10.7 Å². The van der Waals surface area contributed by atoms with E-state index < -0.39 is 5.60 Å². The van der Waals surface area contributed by atoms with E-state index in [0.29, 0.717) is 5.92 Å². The molecule has 0 spiro atoms. The van der Waals surface area contributed by atoms with Crippen LogP contribution in [0.3, 0.4) is 0 Å². The van der Waals surface area contributed by atoms with E-state index in [1.165, 1.54) is 23.1 Å². The van der Waals surface area contributed by atoms with Crippen molar-refractivity contribution in [3.05, 3.63) is 34.9 Å². The molecule has 0 saturated carbocycles. The molecule has 140 valence electrons. The summed E-state index contributed by atoms with van der Waals surface area (Å²) in [6, 6.07) is 0. The fraction of sp³-hybridized carbons (Fsp3) is 0.739. The molecule has 0 aliphatic carbocycles. The minimum atomic E-state index is -0.511. The summed E-state index contributed by atoms with van der Waals surface area (Å²) in [6.45, 7) is 15.2. The highest BCUT2D eigenvalue weighted by Crippen LogP contribution is 2.22. The Morgan fingerprint density at radius 3 is 1.83 bits per heavy atom. The van der Waals surface area contributed by atoms with Gasteiger partial charge >= 0.3 is 0 Å². The van der Waals surface area contributed by atoms with E-state index in [9.17, 15) is 5.11 Å². The number of hydrogen-bond acceptors (Lipinski definition) is 1. The standard InChI is InChI=1S/C23H42O/c1-19(2)11-8-12-21(5)13-9-14-22(6)15-10-17-23(7,24)18-16-20(3)4/h11,13,15,20,24H,8-10,12,14,16-18H2,1-7H3/b21-13+,22-15+/t23-/m1/s1. The Balaban J connectivity index is 4.04. The molecule has 0 fully saturated rings. The van der Waals surface area contributed by atoms with Gasteiger partial charge in [-0.1, -0.05) is 48.8 Å². The van der Waals surface area contributed by atoms with E-state index in [1.54, 1.807) is 0 Å². The highest BCUT2D eigenvalue weighted by Gasteiger charge is 2.19. The fourth-order valence-electron chi connectivity index (χ4n) is 2.69. The molecule has 1 nitrogen and oxygen atoms in total. The molecular formula is C23H42O. The van der Waals surface area contributed by atoms with Crippen LogP contribution in [0.15, 0.2) is 34.9 Å². The quantitative estimate of drug-likeness (QED) is 0.369. The second-order valence-electron chi connectivity index (χ2n) is 8.43. The lowest BCUT2D eigenvalue weighted by Gasteiger charge is -2.23. The molecule has 0 aromatic rings. The minimum absolute atomic E-state index is 0.511. The van der Waals surface area contributed by atoms with Crippen molar-refractivity contribution >= 4 is 0 Å². The molecule has 0 aromatic heterocycles. The van der Waals surface area contributed by atoms with Crippen LogP contribution in [0.2, 0.25) is 0 Å². The Morgan fingerprint density at radius 2 is 1.33 bits per heavy atom. The van der Waals surface area contributed by atoms with Gasteiger partial charge in [0.1, 0.15) is 0 Å². The highest BCUT2D eigenvalue weighted by atomic mass is 16.3. The third-order valence-corrected chi connectivity index (χ3v) is 4.56. The Labute approximate surface area is 151 Å². The lowest BCUT2D eigenvalue weighted by atomic mass is 9.91. The number of aliphatic hydroxyl groups is 1. The Kier molecular flexibility index (Phi) is 12.1. The maximum Gasteiger partial charge on any atom is 0.0622 e. The van der Waals surface area contributed by atoms with Gasteiger partial charge in [-0.05, 0) is 91.9 Å². The van der Waals surface area contributed by atoms with Crippen LogP contribution in [0.4, 0.5) is 0 Å². The fourth-order valence-corrected chi connectivity index (χ4v) is 2.69. The zero-order chi connectivity index (χ0) is 18.6. The SMILES string of the molecule is CC(C)=CCC/C(C)=C/CC/C(C)=C/CC[C@@](C)(O)CCC(C)C. The minimum Gasteiger partial charge on any atom is -0.390 e. The molecule has 0 aliphatic heterocycles. The predicted molar refractivity (Wildman–Crippen MR) is 109 cm³/mol.